The summed E-state index contributed by atoms with van der Waals surface area (Å²) < 4.78 is 4.55. The molecule has 0 bridgehead atoms. The Kier molecular flexibility index (Phi) is 1.40. The molecule has 0 unspecified atom stereocenters. The smallest absolute Gasteiger partial charge is 0.328 e. The van der Waals surface area contributed by atoms with E-state index >= 15 is 0 Å². The number of amides is 1. The molecule has 2 rings (SSSR count). The van der Waals surface area contributed by atoms with Gasteiger partial charge in [0.25, 0.3) is 0 Å². The van der Waals surface area contributed by atoms with Gasteiger partial charge in [0.2, 0.25) is 5.91 Å². The molecule has 66 valence electrons. The fourth-order valence-corrected chi connectivity index (χ4v) is 1.71. The van der Waals surface area contributed by atoms with Crippen LogP contribution < -0.4 is 5.32 Å². The first-order valence-corrected chi connectivity index (χ1v) is 4.07. The van der Waals surface area contributed by atoms with Crippen molar-refractivity contribution in [2.45, 2.75) is 25.3 Å². The number of esters is 1. The van der Waals surface area contributed by atoms with Crippen LogP contribution in [0, 0.1) is 5.41 Å². The zero-order valence-corrected chi connectivity index (χ0v) is 6.92. The van der Waals surface area contributed by atoms with Crippen molar-refractivity contribution in [3.05, 3.63) is 0 Å². The molecule has 1 heterocycles. The Bertz CT molecular complexity index is 245. The molecule has 0 aromatic rings. The van der Waals surface area contributed by atoms with Crippen LogP contribution in [0.1, 0.15) is 19.3 Å². The highest BCUT2D eigenvalue weighted by molar-refractivity contribution is 5.93. The maximum Gasteiger partial charge on any atom is 0.328 e. The molecule has 1 saturated carbocycles. The van der Waals surface area contributed by atoms with Crippen LogP contribution in [-0.2, 0) is 14.3 Å². The summed E-state index contributed by atoms with van der Waals surface area (Å²) in [6.07, 6.45) is 2.47. The molecule has 1 aliphatic heterocycles. The Morgan fingerprint density at radius 3 is 2.75 bits per heavy atom. The summed E-state index contributed by atoms with van der Waals surface area (Å²) in [7, 11) is 1.34. The van der Waals surface area contributed by atoms with Gasteiger partial charge in [-0.05, 0) is 19.3 Å². The Morgan fingerprint density at radius 2 is 2.33 bits per heavy atom. The summed E-state index contributed by atoms with van der Waals surface area (Å²) in [5, 5.41) is 2.64. The molecule has 1 N–H and O–H groups in total. The third-order valence-electron chi connectivity index (χ3n) is 2.72. The molecule has 4 nitrogen and oxygen atoms in total. The fourth-order valence-electron chi connectivity index (χ4n) is 1.71. The van der Waals surface area contributed by atoms with Gasteiger partial charge in [-0.2, -0.15) is 0 Å². The van der Waals surface area contributed by atoms with E-state index in [0.29, 0.717) is 6.42 Å². The number of ether oxygens (including phenoxy) is 1. The number of nitrogens with one attached hydrogen (secondary N) is 1. The van der Waals surface area contributed by atoms with E-state index in [9.17, 15) is 9.59 Å². The van der Waals surface area contributed by atoms with Crippen molar-refractivity contribution in [3.63, 3.8) is 0 Å². The molecule has 0 radical (unpaired) electrons. The third kappa shape index (κ3) is 0.906. The van der Waals surface area contributed by atoms with Gasteiger partial charge in [-0.25, -0.2) is 4.79 Å². The largest absolute Gasteiger partial charge is 0.467 e. The standard InChI is InChI=1S/C8H11NO3/c1-12-6(10)5-4-8(2-3-8)7(11)9-5/h5H,2-4H2,1H3,(H,9,11)/t5-/m0/s1. The monoisotopic (exact) mass is 169 g/mol. The van der Waals surface area contributed by atoms with E-state index in [4.69, 9.17) is 0 Å². The number of carbonyl (C=O) groups excluding carboxylic acids is 2. The Labute approximate surface area is 70.3 Å². The lowest BCUT2D eigenvalue weighted by molar-refractivity contribution is -0.143. The van der Waals surface area contributed by atoms with Crippen molar-refractivity contribution in [1.29, 1.82) is 0 Å². The summed E-state index contributed by atoms with van der Waals surface area (Å²) in [6.45, 7) is 0. The molecule has 2 aliphatic rings. The molecule has 2 fully saturated rings. The molecule has 1 spiro atoms. The van der Waals surface area contributed by atoms with Crippen molar-refractivity contribution in [2.75, 3.05) is 7.11 Å². The van der Waals surface area contributed by atoms with Crippen LogP contribution >= 0.6 is 0 Å². The summed E-state index contributed by atoms with van der Waals surface area (Å²) >= 11 is 0. The van der Waals surface area contributed by atoms with Crippen LogP contribution in [0.25, 0.3) is 0 Å². The quantitative estimate of drug-likeness (QED) is 0.554. The van der Waals surface area contributed by atoms with Gasteiger partial charge >= 0.3 is 5.97 Å². The molecular formula is C8H11NO3. The molecule has 1 atom stereocenters. The average Bonchev–Trinajstić information content (AvgIpc) is 2.75. The van der Waals surface area contributed by atoms with E-state index in [1.807, 2.05) is 0 Å². The van der Waals surface area contributed by atoms with Gasteiger partial charge in [0.05, 0.1) is 12.5 Å². The Hall–Kier alpha value is -1.06. The first kappa shape index (κ1) is 7.58. The van der Waals surface area contributed by atoms with E-state index in [0.717, 1.165) is 12.8 Å². The fraction of sp³-hybridized carbons (Fsp3) is 0.750. The lowest BCUT2D eigenvalue weighted by Crippen LogP contribution is -2.34. The van der Waals surface area contributed by atoms with Gasteiger partial charge in [0.15, 0.2) is 0 Å². The topological polar surface area (TPSA) is 55.4 Å². The highest BCUT2D eigenvalue weighted by Crippen LogP contribution is 2.52. The predicted molar refractivity (Wildman–Crippen MR) is 40.2 cm³/mol. The van der Waals surface area contributed by atoms with Crippen LogP contribution in [0.2, 0.25) is 0 Å². The van der Waals surface area contributed by atoms with Crippen molar-refractivity contribution < 1.29 is 14.3 Å². The van der Waals surface area contributed by atoms with E-state index in [1.54, 1.807) is 0 Å². The van der Waals surface area contributed by atoms with Gasteiger partial charge in [-0.3, -0.25) is 4.79 Å². The van der Waals surface area contributed by atoms with E-state index in [1.165, 1.54) is 7.11 Å². The lowest BCUT2D eigenvalue weighted by atomic mass is 10.0. The van der Waals surface area contributed by atoms with Crippen molar-refractivity contribution in [2.24, 2.45) is 5.41 Å². The van der Waals surface area contributed by atoms with Crippen LogP contribution in [0.15, 0.2) is 0 Å². The molecule has 0 aromatic carbocycles. The molecule has 4 heteroatoms. The highest BCUT2D eigenvalue weighted by Gasteiger charge is 2.57. The average molecular weight is 169 g/mol. The minimum absolute atomic E-state index is 0.0258. The first-order valence-electron chi connectivity index (χ1n) is 4.07. The van der Waals surface area contributed by atoms with Gasteiger partial charge in [-0.15, -0.1) is 0 Å². The first-order chi connectivity index (χ1) is 5.68. The second-order valence-electron chi connectivity index (χ2n) is 3.53. The van der Waals surface area contributed by atoms with Gasteiger partial charge in [0, 0.05) is 0 Å². The summed E-state index contributed by atoms with van der Waals surface area (Å²) in [5.74, 6) is -0.301. The van der Waals surface area contributed by atoms with Crippen molar-refractivity contribution >= 4 is 11.9 Å². The molecule has 1 aliphatic carbocycles. The van der Waals surface area contributed by atoms with Crippen LogP contribution in [0.3, 0.4) is 0 Å². The minimum atomic E-state index is -0.398. The van der Waals surface area contributed by atoms with Crippen molar-refractivity contribution in [3.8, 4) is 0 Å². The Balaban J connectivity index is 2.06. The number of hydrogen-bond donors (Lipinski definition) is 1. The number of hydrogen-bond acceptors (Lipinski definition) is 3. The maximum atomic E-state index is 11.3. The lowest BCUT2D eigenvalue weighted by Gasteiger charge is -2.05. The van der Waals surface area contributed by atoms with Crippen molar-refractivity contribution in [1.82, 2.24) is 5.32 Å². The minimum Gasteiger partial charge on any atom is -0.467 e. The second kappa shape index (κ2) is 2.21. The maximum absolute atomic E-state index is 11.3. The summed E-state index contributed by atoms with van der Waals surface area (Å²) in [4.78, 5) is 22.3. The molecule has 12 heavy (non-hydrogen) atoms. The van der Waals surface area contributed by atoms with Gasteiger partial charge in [0.1, 0.15) is 6.04 Å². The molecule has 1 saturated heterocycles. The van der Waals surface area contributed by atoms with Crippen LogP contribution in [0.5, 0.6) is 0 Å². The number of rotatable bonds is 1. The zero-order chi connectivity index (χ0) is 8.77. The summed E-state index contributed by atoms with van der Waals surface area (Å²) in [6, 6.07) is -0.398. The van der Waals surface area contributed by atoms with Crippen LogP contribution in [0.4, 0.5) is 0 Å². The van der Waals surface area contributed by atoms with Gasteiger partial charge in [-0.1, -0.05) is 0 Å². The molecule has 0 aromatic heterocycles. The SMILES string of the molecule is COC(=O)[C@@H]1CC2(CC2)C(=O)N1. The molecule has 1 amide bonds. The zero-order valence-electron chi connectivity index (χ0n) is 6.92. The second-order valence-corrected chi connectivity index (χ2v) is 3.53. The van der Waals surface area contributed by atoms with Crippen LogP contribution in [-0.4, -0.2) is 25.0 Å². The number of methoxy groups -OCH3 is 1. The van der Waals surface area contributed by atoms with E-state index in [2.05, 4.69) is 10.1 Å². The third-order valence-corrected chi connectivity index (χ3v) is 2.72. The van der Waals surface area contributed by atoms with Gasteiger partial charge < -0.3 is 10.1 Å². The normalized spacial score (nSPS) is 30.1. The van der Waals surface area contributed by atoms with E-state index < -0.39 is 6.04 Å². The number of carbonyl (C=O) groups is 2. The van der Waals surface area contributed by atoms with E-state index in [-0.39, 0.29) is 17.3 Å². The molecular weight excluding hydrogens is 158 g/mol. The highest BCUT2D eigenvalue weighted by atomic mass is 16.5. The summed E-state index contributed by atoms with van der Waals surface area (Å²) in [5.41, 5.74) is -0.196. The predicted octanol–water partition coefficient (Wildman–Crippen LogP) is -0.172. The Morgan fingerprint density at radius 1 is 1.67 bits per heavy atom.